The van der Waals surface area contributed by atoms with Gasteiger partial charge in [0.25, 0.3) is 0 Å². The maximum absolute atomic E-state index is 8.47. The Morgan fingerprint density at radius 1 is 0.786 bits per heavy atom. The second-order valence-corrected chi connectivity index (χ2v) is 54.1. The number of halogens is 2. The molecule has 2 aliphatic rings. The van der Waals surface area contributed by atoms with Gasteiger partial charge >= 0.3 is 261 Å². The molecular weight excluding hydrogens is 647 g/mol. The summed E-state index contributed by atoms with van der Waals surface area (Å²) in [5.74, 6) is -1.59. The Hall–Kier alpha value is -2.22. The summed E-state index contributed by atoms with van der Waals surface area (Å²) in [6.07, 6.45) is 5.52. The van der Waals surface area contributed by atoms with Crippen LogP contribution in [0.15, 0.2) is 103 Å². The zero-order chi connectivity index (χ0) is 29.2. The summed E-state index contributed by atoms with van der Waals surface area (Å²) < 4.78 is 1.42. The van der Waals surface area contributed by atoms with Gasteiger partial charge in [0.1, 0.15) is 0 Å². The van der Waals surface area contributed by atoms with E-state index in [1.807, 2.05) is 0 Å². The molecule has 0 saturated carbocycles. The molecule has 0 radical (unpaired) electrons. The molecule has 0 N–H and O–H groups in total. The normalized spacial score (nSPS) is 16.6. The summed E-state index contributed by atoms with van der Waals surface area (Å²) in [5.41, 5.74) is 13.5. The summed E-state index contributed by atoms with van der Waals surface area (Å²) in [6.45, 7) is 9.37. The van der Waals surface area contributed by atoms with Gasteiger partial charge in [0.15, 0.2) is 0 Å². The quantitative estimate of drug-likeness (QED) is 0.153. The van der Waals surface area contributed by atoms with E-state index < -0.39 is 21.5 Å². The standard InChI is InChI=1S/C23H21.C13H9.C2H7Si.2ClH.Zr/c1-3-7-17-14-19-9-6-11-21(22(19)15-17)23-16(2)12-13-18-8-4-5-10-20(18)23;1-3-7-12-10(5-1)9-11-6-2-4-8-13(11)12;1-3-2;;;/h4-6,8-15H,3,7H2,1-2H3;1-5,7-8H,9H2;3H,1-2H3;2*1H;/q;;;;;+2/p-2. The third-order valence-corrected chi connectivity index (χ3v) is 60.0. The first-order valence-corrected chi connectivity index (χ1v) is 31.5. The van der Waals surface area contributed by atoms with Gasteiger partial charge in [-0.2, -0.15) is 0 Å². The van der Waals surface area contributed by atoms with E-state index in [0.29, 0.717) is 0 Å². The van der Waals surface area contributed by atoms with Crippen LogP contribution >= 0.6 is 17.0 Å². The number of benzene rings is 5. The first kappa shape index (κ1) is 28.5. The van der Waals surface area contributed by atoms with Gasteiger partial charge < -0.3 is 0 Å². The van der Waals surface area contributed by atoms with Crippen molar-refractivity contribution < 1.29 is 15.6 Å². The van der Waals surface area contributed by atoms with Crippen LogP contribution in [0.2, 0.25) is 13.1 Å². The van der Waals surface area contributed by atoms with Gasteiger partial charge in [0.2, 0.25) is 0 Å². The minimum atomic E-state index is -4.76. The van der Waals surface area contributed by atoms with Crippen LogP contribution in [0.5, 0.6) is 0 Å². The molecular formula is C38H37Cl2SiZr. The van der Waals surface area contributed by atoms with E-state index in [1.165, 1.54) is 69.7 Å². The molecule has 211 valence electrons. The molecule has 5 aromatic carbocycles. The first-order valence-electron chi connectivity index (χ1n) is 15.3. The molecule has 0 spiro atoms. The Kier molecular flexibility index (Phi) is 7.10. The second-order valence-electron chi connectivity index (χ2n) is 12.7. The van der Waals surface area contributed by atoms with Gasteiger partial charge in [0, 0.05) is 0 Å². The maximum atomic E-state index is 8.47. The molecule has 1 unspecified atom stereocenters. The van der Waals surface area contributed by atoms with Gasteiger partial charge in [-0.15, -0.1) is 0 Å². The Labute approximate surface area is 259 Å². The summed E-state index contributed by atoms with van der Waals surface area (Å²) in [6, 6.07) is 35.8. The van der Waals surface area contributed by atoms with Gasteiger partial charge in [0.05, 0.1) is 0 Å². The number of aryl methyl sites for hydroxylation is 1. The second kappa shape index (κ2) is 10.4. The van der Waals surface area contributed by atoms with Crippen LogP contribution in [0.4, 0.5) is 0 Å². The molecule has 5 aromatic rings. The van der Waals surface area contributed by atoms with E-state index in [4.69, 9.17) is 17.0 Å². The number of fused-ring (bicyclic) bond motifs is 5. The van der Waals surface area contributed by atoms with Crippen molar-refractivity contribution in [1.29, 1.82) is 0 Å². The topological polar surface area (TPSA) is 0 Å². The van der Waals surface area contributed by atoms with Crippen molar-refractivity contribution in [3.63, 3.8) is 0 Å². The van der Waals surface area contributed by atoms with Crippen LogP contribution in [0, 0.1) is 6.92 Å². The van der Waals surface area contributed by atoms with Crippen LogP contribution in [0.3, 0.4) is 0 Å². The van der Waals surface area contributed by atoms with Gasteiger partial charge in [-0.1, -0.05) is 0 Å². The number of hydrogen-bond acceptors (Lipinski definition) is 0. The van der Waals surface area contributed by atoms with Gasteiger partial charge in [-0.05, 0) is 0 Å². The van der Waals surface area contributed by atoms with Gasteiger partial charge in [-0.25, -0.2) is 0 Å². The number of allylic oxidation sites excluding steroid dienone is 1. The third-order valence-electron chi connectivity index (χ3n) is 10.0. The van der Waals surface area contributed by atoms with Crippen LogP contribution in [0.1, 0.15) is 51.2 Å². The van der Waals surface area contributed by atoms with Crippen molar-refractivity contribution in [2.45, 2.75) is 49.8 Å². The fourth-order valence-electron chi connectivity index (χ4n) is 7.96. The average molecular weight is 684 g/mol. The fourth-order valence-corrected chi connectivity index (χ4v) is 35.8. The van der Waals surface area contributed by atoms with E-state index >= 15 is 0 Å². The number of rotatable bonds is 6. The van der Waals surface area contributed by atoms with Crippen LogP contribution in [-0.4, -0.2) is 5.92 Å². The molecule has 4 heteroatoms. The molecule has 0 aromatic heterocycles. The Bertz CT molecular complexity index is 1920. The molecule has 0 saturated heterocycles. The Balaban J connectivity index is 1.49. The Morgan fingerprint density at radius 3 is 2.31 bits per heavy atom. The molecule has 0 bridgehead atoms. The van der Waals surface area contributed by atoms with Crippen molar-refractivity contribution in [2.75, 3.05) is 0 Å². The SMILES string of the molecule is CCCC1=Cc2c(-c3c(C)ccc4ccccc34)cccc2[CH]1[Zr]([Cl])([Cl])([c]1cccc2c1Cc1ccccc1-2)[SiH](C)C. The van der Waals surface area contributed by atoms with Crippen molar-refractivity contribution in [3.05, 3.63) is 130 Å². The Morgan fingerprint density at radius 2 is 1.50 bits per heavy atom. The van der Waals surface area contributed by atoms with Crippen LogP contribution < -0.4 is 3.27 Å². The molecule has 0 fully saturated rings. The molecule has 0 heterocycles. The molecule has 0 aliphatic heterocycles. The minimum absolute atomic E-state index is 0.0989. The third kappa shape index (κ3) is 4.09. The van der Waals surface area contributed by atoms with E-state index in [-0.39, 0.29) is 3.63 Å². The predicted molar refractivity (Wildman–Crippen MR) is 185 cm³/mol. The zero-order valence-corrected chi connectivity index (χ0v) is 30.0. The van der Waals surface area contributed by atoms with Crippen LogP contribution in [0.25, 0.3) is 39.1 Å². The van der Waals surface area contributed by atoms with Crippen LogP contribution in [-0.2, 0) is 22.0 Å². The molecule has 2 aliphatic carbocycles. The predicted octanol–water partition coefficient (Wildman–Crippen LogP) is 10.9. The van der Waals surface area contributed by atoms with E-state index in [9.17, 15) is 0 Å². The summed E-state index contributed by atoms with van der Waals surface area (Å²) in [4.78, 5) is 0. The van der Waals surface area contributed by atoms with Crippen molar-refractivity contribution in [3.8, 4) is 22.3 Å². The molecule has 1 atom stereocenters. The zero-order valence-electron chi connectivity index (χ0n) is 24.8. The van der Waals surface area contributed by atoms with E-state index in [1.54, 1.807) is 0 Å². The fraction of sp³-hybridized carbons (Fsp3) is 0.211. The van der Waals surface area contributed by atoms with Crippen molar-refractivity contribution >= 4 is 43.1 Å². The molecule has 0 amide bonds. The van der Waals surface area contributed by atoms with Crippen molar-refractivity contribution in [1.82, 2.24) is 0 Å². The summed E-state index contributed by atoms with van der Waals surface area (Å²) in [5, 5.41) is 2.58. The summed E-state index contributed by atoms with van der Waals surface area (Å²) in [7, 11) is 16.9. The van der Waals surface area contributed by atoms with E-state index in [2.05, 4.69) is 130 Å². The number of hydrogen-bond donors (Lipinski definition) is 0. The average Bonchev–Trinajstić information content (AvgIpc) is 3.56. The molecule has 7 rings (SSSR count). The van der Waals surface area contributed by atoms with E-state index in [0.717, 1.165) is 19.3 Å². The molecule has 42 heavy (non-hydrogen) atoms. The van der Waals surface area contributed by atoms with Crippen molar-refractivity contribution in [2.24, 2.45) is 0 Å². The first-order chi connectivity index (χ1) is 20.2. The monoisotopic (exact) mass is 681 g/mol. The van der Waals surface area contributed by atoms with Gasteiger partial charge in [-0.3, -0.25) is 0 Å². The molecule has 0 nitrogen and oxygen atoms in total. The summed E-state index contributed by atoms with van der Waals surface area (Å²) >= 11 is -4.76.